The number of halogens is 1. The number of sulfonamides is 1. The smallest absolute Gasteiger partial charge is 0.243 e. The first-order valence-electron chi connectivity index (χ1n) is 6.50. The fourth-order valence-electron chi connectivity index (χ4n) is 2.37. The molecule has 0 amide bonds. The van der Waals surface area contributed by atoms with Crippen molar-refractivity contribution in [2.75, 3.05) is 25.9 Å². The minimum atomic E-state index is -3.47. The average molecular weight is 362 g/mol. The molecule has 1 heterocycles. The maximum Gasteiger partial charge on any atom is 0.243 e. The molecule has 0 aromatic heterocycles. The van der Waals surface area contributed by atoms with E-state index in [1.807, 2.05) is 20.9 Å². The van der Waals surface area contributed by atoms with Crippen LogP contribution in [0, 0.1) is 0 Å². The average Bonchev–Trinajstić information content (AvgIpc) is 2.38. The Morgan fingerprint density at radius 1 is 1.25 bits per heavy atom. The number of nitrogens with two attached hydrogens (primary N) is 1. The van der Waals surface area contributed by atoms with Crippen LogP contribution in [-0.4, -0.2) is 49.8 Å². The van der Waals surface area contributed by atoms with Gasteiger partial charge in [0.15, 0.2) is 0 Å². The molecule has 112 valence electrons. The first-order valence-corrected chi connectivity index (χ1v) is 8.74. The molecule has 2 atom stereocenters. The van der Waals surface area contributed by atoms with E-state index in [0.29, 0.717) is 23.2 Å². The molecule has 7 heteroatoms. The Morgan fingerprint density at radius 2 is 1.80 bits per heavy atom. The van der Waals surface area contributed by atoms with Crippen molar-refractivity contribution in [3.63, 3.8) is 0 Å². The molecule has 5 nitrogen and oxygen atoms in total. The highest BCUT2D eigenvalue weighted by molar-refractivity contribution is 9.10. The van der Waals surface area contributed by atoms with Gasteiger partial charge in [-0.3, -0.25) is 4.90 Å². The van der Waals surface area contributed by atoms with Gasteiger partial charge in [0.05, 0.1) is 4.90 Å². The first kappa shape index (κ1) is 15.8. The molecule has 0 aliphatic carbocycles. The van der Waals surface area contributed by atoms with Crippen LogP contribution in [0.25, 0.3) is 0 Å². The van der Waals surface area contributed by atoms with Crippen LogP contribution in [-0.2, 0) is 10.0 Å². The number of hydrogen-bond donors (Lipinski definition) is 1. The second-order valence-corrected chi connectivity index (χ2v) is 8.16. The van der Waals surface area contributed by atoms with Crippen molar-refractivity contribution >= 4 is 31.6 Å². The zero-order chi connectivity index (χ0) is 15.1. The number of nitrogen functional groups attached to an aromatic ring is 1. The first-order chi connectivity index (χ1) is 9.23. The summed E-state index contributed by atoms with van der Waals surface area (Å²) in [4.78, 5) is 2.48. The summed E-state index contributed by atoms with van der Waals surface area (Å²) in [5, 5.41) is 0. The van der Waals surface area contributed by atoms with Crippen molar-refractivity contribution in [3.8, 4) is 0 Å². The summed E-state index contributed by atoms with van der Waals surface area (Å²) in [6.45, 7) is 5.09. The van der Waals surface area contributed by atoms with Crippen LogP contribution in [0.15, 0.2) is 27.6 Å². The molecule has 1 saturated heterocycles. The number of rotatable bonds is 2. The molecular formula is C13H20BrN3O2S. The third-order valence-corrected chi connectivity index (χ3v) is 6.45. The van der Waals surface area contributed by atoms with Crippen LogP contribution >= 0.6 is 15.9 Å². The molecule has 2 unspecified atom stereocenters. The van der Waals surface area contributed by atoms with Crippen molar-refractivity contribution in [2.24, 2.45) is 0 Å². The van der Waals surface area contributed by atoms with Gasteiger partial charge in [0.1, 0.15) is 0 Å². The molecule has 1 fully saturated rings. The fraction of sp³-hybridized carbons (Fsp3) is 0.538. The van der Waals surface area contributed by atoms with Crippen molar-refractivity contribution in [1.29, 1.82) is 0 Å². The lowest BCUT2D eigenvalue weighted by Gasteiger charge is -2.41. The summed E-state index contributed by atoms with van der Waals surface area (Å²) in [7, 11) is -1.44. The highest BCUT2D eigenvalue weighted by Gasteiger charge is 2.34. The number of likely N-dealkylation sites (N-methyl/N-ethyl adjacent to an activating group) is 1. The fourth-order valence-corrected chi connectivity index (χ4v) is 4.53. The third kappa shape index (κ3) is 2.86. The summed E-state index contributed by atoms with van der Waals surface area (Å²) in [5.41, 5.74) is 6.24. The van der Waals surface area contributed by atoms with E-state index in [2.05, 4.69) is 20.8 Å². The molecule has 0 radical (unpaired) electrons. The van der Waals surface area contributed by atoms with Gasteiger partial charge in [-0.2, -0.15) is 4.31 Å². The van der Waals surface area contributed by atoms with Crippen molar-refractivity contribution in [1.82, 2.24) is 9.21 Å². The highest BCUT2D eigenvalue weighted by atomic mass is 79.9. The Morgan fingerprint density at radius 3 is 2.30 bits per heavy atom. The second kappa shape index (κ2) is 5.63. The lowest BCUT2D eigenvalue weighted by atomic mass is 10.1. The number of hydrogen-bond acceptors (Lipinski definition) is 4. The molecule has 0 bridgehead atoms. The summed E-state index contributed by atoms with van der Waals surface area (Å²) in [6, 6.07) is 5.14. The molecule has 1 aliphatic rings. The van der Waals surface area contributed by atoms with Crippen LogP contribution in [0.2, 0.25) is 0 Å². The molecule has 0 spiro atoms. The number of benzene rings is 1. The second-order valence-electron chi connectivity index (χ2n) is 5.37. The van der Waals surface area contributed by atoms with E-state index in [9.17, 15) is 8.42 Å². The van der Waals surface area contributed by atoms with E-state index >= 15 is 0 Å². The predicted octanol–water partition coefficient (Wildman–Crippen LogP) is 1.74. The topological polar surface area (TPSA) is 66.6 Å². The Labute approximate surface area is 128 Å². The molecule has 0 saturated carbocycles. The number of nitrogens with zero attached hydrogens (tertiary/aromatic N) is 2. The summed E-state index contributed by atoms with van der Waals surface area (Å²) in [5.74, 6) is 0. The summed E-state index contributed by atoms with van der Waals surface area (Å²) < 4.78 is 27.5. The van der Waals surface area contributed by atoms with E-state index in [4.69, 9.17) is 5.73 Å². The molecular weight excluding hydrogens is 342 g/mol. The lowest BCUT2D eigenvalue weighted by Crippen LogP contribution is -2.56. The zero-order valence-electron chi connectivity index (χ0n) is 11.9. The van der Waals surface area contributed by atoms with Crippen LogP contribution in [0.3, 0.4) is 0 Å². The number of anilines is 1. The largest absolute Gasteiger partial charge is 0.398 e. The van der Waals surface area contributed by atoms with Gasteiger partial charge in [-0.15, -0.1) is 0 Å². The van der Waals surface area contributed by atoms with E-state index in [0.717, 1.165) is 0 Å². The van der Waals surface area contributed by atoms with Crippen LogP contribution in [0.5, 0.6) is 0 Å². The van der Waals surface area contributed by atoms with Gasteiger partial charge in [0.25, 0.3) is 0 Å². The van der Waals surface area contributed by atoms with Gasteiger partial charge >= 0.3 is 0 Å². The van der Waals surface area contributed by atoms with Gasteiger partial charge < -0.3 is 5.73 Å². The zero-order valence-corrected chi connectivity index (χ0v) is 14.3. The maximum atomic E-state index is 12.7. The van der Waals surface area contributed by atoms with Crippen LogP contribution in [0.1, 0.15) is 13.8 Å². The van der Waals surface area contributed by atoms with Gasteiger partial charge in [-0.1, -0.05) is 0 Å². The minimum absolute atomic E-state index is 0.200. The Hall–Kier alpha value is -0.630. The molecule has 20 heavy (non-hydrogen) atoms. The minimum Gasteiger partial charge on any atom is -0.398 e. The van der Waals surface area contributed by atoms with Crippen LogP contribution < -0.4 is 5.73 Å². The quantitative estimate of drug-likeness (QED) is 0.814. The molecule has 1 aromatic rings. The van der Waals surface area contributed by atoms with Crippen LogP contribution in [0.4, 0.5) is 5.69 Å². The van der Waals surface area contributed by atoms with E-state index in [-0.39, 0.29) is 17.0 Å². The number of piperazine rings is 1. The van der Waals surface area contributed by atoms with Gasteiger partial charge in [0, 0.05) is 35.3 Å². The Balaban J connectivity index is 2.33. The Kier molecular flexibility index (Phi) is 4.44. The summed E-state index contributed by atoms with van der Waals surface area (Å²) >= 11 is 3.28. The predicted molar refractivity (Wildman–Crippen MR) is 84.0 cm³/mol. The van der Waals surface area contributed by atoms with Crippen molar-refractivity contribution in [3.05, 3.63) is 22.7 Å². The van der Waals surface area contributed by atoms with Crippen molar-refractivity contribution in [2.45, 2.75) is 30.8 Å². The monoisotopic (exact) mass is 361 g/mol. The Bertz CT molecular complexity index is 594. The molecule has 2 N–H and O–H groups in total. The van der Waals surface area contributed by atoms with E-state index in [1.165, 1.54) is 0 Å². The molecule has 1 aliphatic heterocycles. The van der Waals surface area contributed by atoms with Gasteiger partial charge in [0.2, 0.25) is 10.0 Å². The van der Waals surface area contributed by atoms with Crippen molar-refractivity contribution < 1.29 is 8.42 Å². The van der Waals surface area contributed by atoms with Gasteiger partial charge in [-0.05, 0) is 55.0 Å². The third-order valence-electron chi connectivity index (χ3n) is 3.94. The normalized spacial score (nSPS) is 25.8. The molecule has 1 aromatic carbocycles. The highest BCUT2D eigenvalue weighted by Crippen LogP contribution is 2.27. The van der Waals surface area contributed by atoms with E-state index in [1.54, 1.807) is 22.5 Å². The van der Waals surface area contributed by atoms with Gasteiger partial charge in [-0.25, -0.2) is 8.42 Å². The standard InChI is InChI=1S/C13H20BrN3O2S/c1-9-7-17(8-10(2)16(9)3)20(18,19)11-4-5-13(15)12(14)6-11/h4-6,9-10H,7-8,15H2,1-3H3. The lowest BCUT2D eigenvalue weighted by molar-refractivity contribution is 0.105. The molecule has 2 rings (SSSR count). The maximum absolute atomic E-state index is 12.7. The summed E-state index contributed by atoms with van der Waals surface area (Å²) in [6.07, 6.45) is 0. The van der Waals surface area contributed by atoms with E-state index < -0.39 is 10.0 Å². The SMILES string of the molecule is CC1CN(S(=O)(=O)c2ccc(N)c(Br)c2)CC(C)N1C.